The Kier molecular flexibility index (Phi) is 6.57. The third-order valence-electron chi connectivity index (χ3n) is 3.56. The van der Waals surface area contributed by atoms with Crippen molar-refractivity contribution in [2.75, 3.05) is 26.2 Å². The Bertz CT molecular complexity index is 438. The Labute approximate surface area is 134 Å². The van der Waals surface area contributed by atoms with Gasteiger partial charge < -0.3 is 19.9 Å². The number of hydrogen-bond acceptors (Lipinski definition) is 5. The number of aliphatic hydroxyl groups excluding tert-OH is 1. The van der Waals surface area contributed by atoms with Crippen molar-refractivity contribution < 1.29 is 19.4 Å². The molecule has 7 nitrogen and oxygen atoms in total. The van der Waals surface area contributed by atoms with Crippen LogP contribution in [0, 0.1) is 0 Å². The van der Waals surface area contributed by atoms with Crippen LogP contribution in [0.1, 0.15) is 26.2 Å². The molecule has 2 aliphatic rings. The fourth-order valence-electron chi connectivity index (χ4n) is 2.33. The summed E-state index contributed by atoms with van der Waals surface area (Å²) in [6.45, 7) is 8.06. The summed E-state index contributed by atoms with van der Waals surface area (Å²) in [6, 6.07) is 0. The van der Waals surface area contributed by atoms with E-state index < -0.39 is 12.2 Å². The average molecular weight is 330 g/mol. The van der Waals surface area contributed by atoms with E-state index in [4.69, 9.17) is 9.47 Å². The van der Waals surface area contributed by atoms with E-state index in [2.05, 4.69) is 21.6 Å². The number of hydrogen-bond donors (Lipinski definition) is 2. The van der Waals surface area contributed by atoms with E-state index in [0.717, 1.165) is 24.7 Å². The Morgan fingerprint density at radius 3 is 2.91 bits per heavy atom. The standard InChI is InChI=1S/C14H23N3O4S/c1-3-16-14(19)20-9-11-7-10(18)8-12(21-11)22-13(15-2)17-5-4-6-17/h10-12,18H,2-9H2,1H3/p+1. The summed E-state index contributed by atoms with van der Waals surface area (Å²) in [5, 5.41) is 13.4. The van der Waals surface area contributed by atoms with Gasteiger partial charge in [-0.2, -0.15) is 0 Å². The maximum atomic E-state index is 11.3. The number of nitrogens with one attached hydrogen (secondary N) is 1. The molecule has 2 N–H and O–H groups in total. The molecule has 0 aromatic carbocycles. The minimum absolute atomic E-state index is 0.139. The van der Waals surface area contributed by atoms with Gasteiger partial charge in [0.15, 0.2) is 6.72 Å². The molecule has 0 bridgehead atoms. The molecule has 0 aromatic heterocycles. The van der Waals surface area contributed by atoms with Gasteiger partial charge in [-0.15, -0.1) is 0 Å². The third kappa shape index (κ3) is 4.91. The van der Waals surface area contributed by atoms with E-state index in [-0.39, 0.29) is 18.1 Å². The van der Waals surface area contributed by atoms with Gasteiger partial charge in [-0.1, -0.05) is 0 Å². The normalized spacial score (nSPS) is 27.5. The van der Waals surface area contributed by atoms with Crippen molar-refractivity contribution in [3.05, 3.63) is 0 Å². The first-order valence-corrected chi connectivity index (χ1v) is 8.49. The number of nitrogens with zero attached hydrogens (tertiary/aromatic N) is 2. The Balaban J connectivity index is 1.82. The molecule has 0 aromatic rings. The van der Waals surface area contributed by atoms with Crippen molar-refractivity contribution in [1.29, 1.82) is 0 Å². The van der Waals surface area contributed by atoms with Gasteiger partial charge in [-0.25, -0.2) is 14.4 Å². The van der Waals surface area contributed by atoms with Gasteiger partial charge in [-0.3, -0.25) is 0 Å². The van der Waals surface area contributed by atoms with E-state index >= 15 is 0 Å². The van der Waals surface area contributed by atoms with Crippen molar-refractivity contribution in [3.63, 3.8) is 0 Å². The number of amides is 1. The molecule has 22 heavy (non-hydrogen) atoms. The largest absolute Gasteiger partial charge is 0.447 e. The van der Waals surface area contributed by atoms with Crippen LogP contribution in [0.25, 0.3) is 0 Å². The fraction of sp³-hybridized carbons (Fsp3) is 0.786. The van der Waals surface area contributed by atoms with Gasteiger partial charge in [0.25, 0.3) is 0 Å². The molecule has 0 saturated carbocycles. The molecule has 124 valence electrons. The molecule has 2 saturated heterocycles. The summed E-state index contributed by atoms with van der Waals surface area (Å²) >= 11 is 1.48. The lowest BCUT2D eigenvalue weighted by Crippen LogP contribution is -2.44. The molecule has 3 unspecified atom stereocenters. The summed E-state index contributed by atoms with van der Waals surface area (Å²) in [7, 11) is 0. The van der Waals surface area contributed by atoms with Crippen LogP contribution in [-0.4, -0.2) is 71.9 Å². The first-order valence-electron chi connectivity index (χ1n) is 7.61. The number of alkyl carbamates (subject to hydrolysis) is 1. The number of ether oxygens (including phenoxy) is 2. The van der Waals surface area contributed by atoms with Crippen LogP contribution in [0.4, 0.5) is 4.79 Å². The van der Waals surface area contributed by atoms with Crippen LogP contribution in [0.2, 0.25) is 0 Å². The van der Waals surface area contributed by atoms with Crippen molar-refractivity contribution in [1.82, 2.24) is 14.9 Å². The first-order chi connectivity index (χ1) is 10.6. The van der Waals surface area contributed by atoms with Gasteiger partial charge in [0.1, 0.15) is 12.0 Å². The van der Waals surface area contributed by atoms with E-state index in [1.54, 1.807) is 0 Å². The van der Waals surface area contributed by atoms with Crippen LogP contribution in [0.3, 0.4) is 0 Å². The van der Waals surface area contributed by atoms with Crippen molar-refractivity contribution in [3.8, 4) is 0 Å². The smallest absolute Gasteiger partial charge is 0.407 e. The first kappa shape index (κ1) is 17.1. The zero-order valence-electron chi connectivity index (χ0n) is 12.9. The molecular weight excluding hydrogens is 306 g/mol. The van der Waals surface area contributed by atoms with E-state index in [9.17, 15) is 9.90 Å². The summed E-state index contributed by atoms with van der Waals surface area (Å²) in [5.74, 6) is 0. The monoisotopic (exact) mass is 330 g/mol. The highest BCUT2D eigenvalue weighted by Gasteiger charge is 2.36. The van der Waals surface area contributed by atoms with Gasteiger partial charge in [0.2, 0.25) is 0 Å². The average Bonchev–Trinajstić information content (AvgIpc) is 2.42. The molecule has 3 atom stereocenters. The second-order valence-electron chi connectivity index (χ2n) is 5.34. The van der Waals surface area contributed by atoms with Crippen molar-refractivity contribution >= 4 is 29.7 Å². The second-order valence-corrected chi connectivity index (χ2v) is 6.47. The summed E-state index contributed by atoms with van der Waals surface area (Å²) in [4.78, 5) is 13.5. The number of carbonyl (C=O) groups is 1. The summed E-state index contributed by atoms with van der Waals surface area (Å²) < 4.78 is 15.0. The van der Waals surface area contributed by atoms with E-state index in [1.807, 2.05) is 6.92 Å². The van der Waals surface area contributed by atoms with Crippen molar-refractivity contribution in [2.45, 2.75) is 43.8 Å². The van der Waals surface area contributed by atoms with Crippen LogP contribution in [-0.2, 0) is 9.47 Å². The molecule has 2 rings (SSSR count). The van der Waals surface area contributed by atoms with Gasteiger partial charge in [0.05, 0.1) is 25.3 Å². The lowest BCUT2D eigenvalue weighted by Gasteiger charge is -2.32. The fourth-order valence-corrected chi connectivity index (χ4v) is 3.50. The molecule has 2 aliphatic heterocycles. The Hall–Kier alpha value is -1.21. The zero-order valence-corrected chi connectivity index (χ0v) is 13.7. The highest BCUT2D eigenvalue weighted by atomic mass is 32.2. The van der Waals surface area contributed by atoms with Crippen LogP contribution < -0.4 is 9.98 Å². The maximum absolute atomic E-state index is 11.3. The maximum Gasteiger partial charge on any atom is 0.407 e. The number of aliphatic hydroxyl groups is 1. The topological polar surface area (TPSA) is 85.1 Å². The second kappa shape index (κ2) is 8.43. The van der Waals surface area contributed by atoms with Crippen LogP contribution in [0.5, 0.6) is 0 Å². The van der Waals surface area contributed by atoms with Gasteiger partial charge >= 0.3 is 11.3 Å². The highest BCUT2D eigenvalue weighted by molar-refractivity contribution is 8.14. The zero-order chi connectivity index (χ0) is 15.9. The lowest BCUT2D eigenvalue weighted by atomic mass is 10.1. The van der Waals surface area contributed by atoms with Gasteiger partial charge in [0, 0.05) is 37.6 Å². The van der Waals surface area contributed by atoms with Crippen molar-refractivity contribution in [2.24, 2.45) is 0 Å². The molecule has 0 spiro atoms. The SMILES string of the molecule is C=[N+]=C(SC1CC(O)CC(COC(=O)NCC)O1)N1CCC1. The summed E-state index contributed by atoms with van der Waals surface area (Å²) in [5.41, 5.74) is -0.201. The molecule has 2 fully saturated rings. The Morgan fingerprint density at radius 2 is 2.32 bits per heavy atom. The molecule has 1 amide bonds. The number of amidine groups is 1. The predicted molar refractivity (Wildman–Crippen MR) is 87.0 cm³/mol. The van der Waals surface area contributed by atoms with E-state index in [0.29, 0.717) is 19.4 Å². The minimum Gasteiger partial charge on any atom is -0.447 e. The third-order valence-corrected chi connectivity index (χ3v) is 4.73. The molecule has 8 heteroatoms. The molecule has 2 heterocycles. The number of thioether (sulfide) groups is 1. The number of likely N-dealkylation sites (tertiary alicyclic amines) is 1. The quantitative estimate of drug-likeness (QED) is 0.434. The summed E-state index contributed by atoms with van der Waals surface area (Å²) in [6.07, 6.45) is 0.946. The van der Waals surface area contributed by atoms with E-state index in [1.165, 1.54) is 11.8 Å². The van der Waals surface area contributed by atoms with Gasteiger partial charge in [-0.05, 0) is 6.92 Å². The Morgan fingerprint density at radius 1 is 1.55 bits per heavy atom. The molecular formula is C14H24N3O4S+. The molecule has 0 aliphatic carbocycles. The number of rotatable bonds is 4. The molecule has 0 radical (unpaired) electrons. The van der Waals surface area contributed by atoms with Crippen LogP contribution in [0.15, 0.2) is 0 Å². The number of carbonyl (C=O) groups excluding carboxylic acids is 1. The lowest BCUT2D eigenvalue weighted by molar-refractivity contribution is -0.0796. The predicted octanol–water partition coefficient (Wildman–Crippen LogP) is 0.161. The van der Waals surface area contributed by atoms with Crippen LogP contribution >= 0.6 is 11.8 Å². The minimum atomic E-state index is -0.462. The highest BCUT2D eigenvalue weighted by Crippen LogP contribution is 2.29.